The van der Waals surface area contributed by atoms with Crippen LogP contribution in [0.25, 0.3) is 11.1 Å². The van der Waals surface area contributed by atoms with Gasteiger partial charge in [0.2, 0.25) is 5.91 Å². The minimum absolute atomic E-state index is 0.00715. The van der Waals surface area contributed by atoms with E-state index >= 15 is 0 Å². The molecule has 1 aromatic heterocycles. The summed E-state index contributed by atoms with van der Waals surface area (Å²) in [6, 6.07) is 44.2. The van der Waals surface area contributed by atoms with Crippen molar-refractivity contribution >= 4 is 18.0 Å². The molecule has 2 atom stereocenters. The van der Waals surface area contributed by atoms with Crippen LogP contribution in [0.15, 0.2) is 152 Å². The third-order valence-corrected chi connectivity index (χ3v) is 10.3. The highest BCUT2D eigenvalue weighted by Crippen LogP contribution is 2.45. The van der Waals surface area contributed by atoms with Crippen LogP contribution in [0.3, 0.4) is 0 Å². The number of rotatable bonds is 14. The smallest absolute Gasteiger partial charge is 0.407 e. The molecule has 7 rings (SSSR count). The number of carboxylic acid groups (broad SMARTS) is 1. The largest absolute Gasteiger partial charge is 0.480 e. The summed E-state index contributed by atoms with van der Waals surface area (Å²) >= 11 is 0. The van der Waals surface area contributed by atoms with Crippen molar-refractivity contribution in [1.29, 1.82) is 0 Å². The van der Waals surface area contributed by atoms with Crippen molar-refractivity contribution in [3.05, 3.63) is 186 Å². The Balaban J connectivity index is 1.20. The number of benzene rings is 5. The Morgan fingerprint density at radius 1 is 0.709 bits per heavy atom. The van der Waals surface area contributed by atoms with Crippen LogP contribution in [0, 0.1) is 5.92 Å². The fourth-order valence-corrected chi connectivity index (χ4v) is 7.80. The molecule has 2 amide bonds. The molecule has 0 spiro atoms. The fourth-order valence-electron chi connectivity index (χ4n) is 7.80. The zero-order valence-electron chi connectivity index (χ0n) is 30.8. The second kappa shape index (κ2) is 16.3. The van der Waals surface area contributed by atoms with Gasteiger partial charge in [0.15, 0.2) is 0 Å². The monoisotopic (exact) mass is 732 g/mol. The lowest BCUT2D eigenvalue weighted by Crippen LogP contribution is -2.53. The number of alkyl carbamates (subject to hydrolysis) is 1. The molecule has 0 fully saturated rings. The van der Waals surface area contributed by atoms with Crippen molar-refractivity contribution in [2.24, 2.45) is 5.92 Å². The molecule has 0 unspecified atom stereocenters. The van der Waals surface area contributed by atoms with Crippen molar-refractivity contribution in [1.82, 2.24) is 20.2 Å². The van der Waals surface area contributed by atoms with Gasteiger partial charge in [0.25, 0.3) is 0 Å². The van der Waals surface area contributed by atoms with Gasteiger partial charge < -0.3 is 25.0 Å². The summed E-state index contributed by atoms with van der Waals surface area (Å²) < 4.78 is 7.87. The molecule has 1 aliphatic carbocycles. The number of fused-ring (bicyclic) bond motifs is 3. The number of ether oxygens (including phenoxy) is 1. The number of hydrogen-bond acceptors (Lipinski definition) is 5. The molecule has 1 aliphatic rings. The van der Waals surface area contributed by atoms with Crippen molar-refractivity contribution in [2.45, 2.75) is 50.2 Å². The van der Waals surface area contributed by atoms with E-state index in [1.807, 2.05) is 116 Å². The normalized spacial score (nSPS) is 13.4. The van der Waals surface area contributed by atoms with Gasteiger partial charge in [-0.25, -0.2) is 14.6 Å². The average Bonchev–Trinajstić information content (AvgIpc) is 3.80. The molecule has 0 bridgehead atoms. The molecule has 5 aromatic carbocycles. The Kier molecular flexibility index (Phi) is 10.9. The van der Waals surface area contributed by atoms with Gasteiger partial charge in [-0.3, -0.25) is 4.79 Å². The summed E-state index contributed by atoms with van der Waals surface area (Å²) in [5.74, 6) is -1.96. The maximum absolute atomic E-state index is 14.0. The van der Waals surface area contributed by atoms with Crippen LogP contribution >= 0.6 is 0 Å². The van der Waals surface area contributed by atoms with Crippen LogP contribution in [0.1, 0.15) is 59.7 Å². The number of carbonyl (C=O) groups excluding carboxylic acids is 2. The first-order valence-corrected chi connectivity index (χ1v) is 18.6. The van der Waals surface area contributed by atoms with Gasteiger partial charge in [0.05, 0.1) is 12.0 Å². The van der Waals surface area contributed by atoms with Gasteiger partial charge >= 0.3 is 12.1 Å². The molecule has 55 heavy (non-hydrogen) atoms. The molecule has 3 N–H and O–H groups in total. The van der Waals surface area contributed by atoms with E-state index in [1.54, 1.807) is 6.33 Å². The van der Waals surface area contributed by atoms with Crippen molar-refractivity contribution in [3.63, 3.8) is 0 Å². The number of amides is 2. The van der Waals surface area contributed by atoms with Crippen LogP contribution in [0.4, 0.5) is 4.79 Å². The highest BCUT2D eigenvalue weighted by Gasteiger charge is 2.39. The highest BCUT2D eigenvalue weighted by molar-refractivity contribution is 5.89. The van der Waals surface area contributed by atoms with Crippen molar-refractivity contribution in [2.75, 3.05) is 6.61 Å². The molecule has 0 radical (unpaired) electrons. The minimum atomic E-state index is -1.19. The summed E-state index contributed by atoms with van der Waals surface area (Å²) in [7, 11) is 0. The van der Waals surface area contributed by atoms with Gasteiger partial charge in [-0.15, -0.1) is 0 Å². The number of carboxylic acids is 1. The minimum Gasteiger partial charge on any atom is -0.480 e. The molecule has 9 heteroatoms. The van der Waals surface area contributed by atoms with Crippen molar-refractivity contribution < 1.29 is 24.2 Å². The molecule has 1 heterocycles. The van der Waals surface area contributed by atoms with Crippen LogP contribution in [-0.2, 0) is 26.3 Å². The van der Waals surface area contributed by atoms with Gasteiger partial charge in [0.1, 0.15) is 24.2 Å². The number of nitrogens with one attached hydrogen (secondary N) is 2. The number of nitrogens with zero attached hydrogens (tertiary/aromatic N) is 2. The lowest BCUT2D eigenvalue weighted by molar-refractivity contribution is -0.142. The molecule has 6 aromatic rings. The van der Waals surface area contributed by atoms with E-state index in [-0.39, 0.29) is 31.3 Å². The zero-order valence-corrected chi connectivity index (χ0v) is 30.8. The summed E-state index contributed by atoms with van der Waals surface area (Å²) in [5.41, 5.74) is 7.01. The predicted octanol–water partition coefficient (Wildman–Crippen LogP) is 7.79. The number of carbonyl (C=O) groups is 3. The Hall–Kier alpha value is -6.48. The molecule has 0 saturated carbocycles. The van der Waals surface area contributed by atoms with Gasteiger partial charge in [0, 0.05) is 18.5 Å². The molecule has 278 valence electrons. The molecular weight excluding hydrogens is 689 g/mol. The van der Waals surface area contributed by atoms with Crippen LogP contribution in [0.2, 0.25) is 0 Å². The molecule has 0 aliphatic heterocycles. The van der Waals surface area contributed by atoms with E-state index in [0.717, 1.165) is 38.9 Å². The third-order valence-electron chi connectivity index (χ3n) is 10.3. The van der Waals surface area contributed by atoms with E-state index in [1.165, 1.54) is 0 Å². The van der Waals surface area contributed by atoms with E-state index in [2.05, 4.69) is 59.2 Å². The molecule has 9 nitrogen and oxygen atoms in total. The molecular formula is C46H44N4O5. The summed E-state index contributed by atoms with van der Waals surface area (Å²) in [4.78, 5) is 44.5. The van der Waals surface area contributed by atoms with Gasteiger partial charge in [-0.05, 0) is 51.3 Å². The average molecular weight is 733 g/mol. The first kappa shape index (κ1) is 36.9. The second-order valence-corrected chi connectivity index (χ2v) is 14.3. The van der Waals surface area contributed by atoms with E-state index in [4.69, 9.17) is 9.72 Å². The third kappa shape index (κ3) is 7.64. The number of hydrogen-bond donors (Lipinski definition) is 3. The maximum atomic E-state index is 14.0. The SMILES string of the molecule is CC(C)C[C@H](NC(=O)[C@H](Cc1cn(C(c2ccccc2)(c2ccccc2)c2ccccc2)cn1)NC(=O)OCC1c2ccccc2-c2ccccc21)C(=O)O. The lowest BCUT2D eigenvalue weighted by atomic mass is 9.77. The van der Waals surface area contributed by atoms with Crippen molar-refractivity contribution in [3.8, 4) is 11.1 Å². The Bertz CT molecular complexity index is 2110. The van der Waals surface area contributed by atoms with Crippen LogP contribution < -0.4 is 10.6 Å². The summed E-state index contributed by atoms with van der Waals surface area (Å²) in [5, 5.41) is 15.4. The van der Waals surface area contributed by atoms with E-state index < -0.39 is 35.6 Å². The Morgan fingerprint density at radius 3 is 1.69 bits per heavy atom. The number of imidazole rings is 1. The lowest BCUT2D eigenvalue weighted by Gasteiger charge is -2.37. The summed E-state index contributed by atoms with van der Waals surface area (Å²) in [6.07, 6.45) is 3.04. The highest BCUT2D eigenvalue weighted by atomic mass is 16.5. The second-order valence-electron chi connectivity index (χ2n) is 14.3. The van der Waals surface area contributed by atoms with Crippen LogP contribution in [-0.4, -0.2) is 51.3 Å². The zero-order chi connectivity index (χ0) is 38.4. The quantitative estimate of drug-likeness (QED) is 0.0984. The van der Waals surface area contributed by atoms with E-state index in [9.17, 15) is 19.5 Å². The standard InChI is InChI=1S/C46H44N4O5/c1-31(2)26-42(44(52)53)48-43(51)41(49-45(54)55-29-40-38-24-14-12-22-36(38)37-23-13-15-25-39(37)40)27-35-28-50(30-47-35)46(32-16-6-3-7-17-32,33-18-8-4-9-19-33)34-20-10-5-11-21-34/h3-25,28,30-31,40-42H,26-27,29H2,1-2H3,(H,48,51)(H,49,54)(H,52,53)/t41-,42-/m0/s1. The predicted molar refractivity (Wildman–Crippen MR) is 212 cm³/mol. The Labute approximate surface area is 321 Å². The first-order chi connectivity index (χ1) is 26.8. The maximum Gasteiger partial charge on any atom is 0.407 e. The number of aliphatic carboxylic acids is 1. The fraction of sp³-hybridized carbons (Fsp3) is 0.217. The number of aromatic nitrogens is 2. The topological polar surface area (TPSA) is 123 Å². The summed E-state index contributed by atoms with van der Waals surface area (Å²) in [6.45, 7) is 3.83. The van der Waals surface area contributed by atoms with Crippen LogP contribution in [0.5, 0.6) is 0 Å². The molecule has 0 saturated heterocycles. The van der Waals surface area contributed by atoms with E-state index in [0.29, 0.717) is 5.69 Å². The first-order valence-electron chi connectivity index (χ1n) is 18.6. The van der Waals surface area contributed by atoms with Gasteiger partial charge in [-0.1, -0.05) is 153 Å². The van der Waals surface area contributed by atoms with Gasteiger partial charge in [-0.2, -0.15) is 0 Å². The Morgan fingerprint density at radius 2 is 1.20 bits per heavy atom.